The number of phenols is 1. The van der Waals surface area contributed by atoms with Gasteiger partial charge in [0.1, 0.15) is 0 Å². The zero-order valence-electron chi connectivity index (χ0n) is 13.4. The molecule has 0 unspecified atom stereocenters. The molecule has 1 aromatic heterocycles. The molecule has 0 spiro atoms. The van der Waals surface area contributed by atoms with E-state index in [0.29, 0.717) is 16.8 Å². The normalized spacial score (nSPS) is 11.0. The van der Waals surface area contributed by atoms with Crippen LogP contribution in [0, 0.1) is 0 Å². The van der Waals surface area contributed by atoms with Crippen LogP contribution in [-0.4, -0.2) is 27.8 Å². The minimum absolute atomic E-state index is 0.128. The highest BCUT2D eigenvalue weighted by molar-refractivity contribution is 6.32. The second-order valence-electron chi connectivity index (χ2n) is 5.22. The summed E-state index contributed by atoms with van der Waals surface area (Å²) in [6.07, 6.45) is 6.50. The van der Waals surface area contributed by atoms with Crippen LogP contribution < -0.4 is 4.74 Å². The van der Waals surface area contributed by atoms with Gasteiger partial charge in [0, 0.05) is 18.0 Å². The van der Waals surface area contributed by atoms with E-state index in [2.05, 4.69) is 5.10 Å². The first-order valence-electron chi connectivity index (χ1n) is 7.48. The molecular weight excluding hydrogens is 340 g/mol. The van der Waals surface area contributed by atoms with Gasteiger partial charge in [0.05, 0.1) is 17.8 Å². The van der Waals surface area contributed by atoms with Crippen molar-refractivity contribution in [2.45, 2.75) is 0 Å². The summed E-state index contributed by atoms with van der Waals surface area (Å²) in [4.78, 5) is 12.6. The SMILES string of the molecule is COc1cc(/C=C/C(=O)c2ccccc2-n2cccn2)cc(Cl)c1O. The smallest absolute Gasteiger partial charge is 0.188 e. The molecule has 0 bridgehead atoms. The van der Waals surface area contributed by atoms with Gasteiger partial charge in [-0.2, -0.15) is 5.10 Å². The summed E-state index contributed by atoms with van der Waals surface area (Å²) in [5, 5.41) is 14.1. The lowest BCUT2D eigenvalue weighted by molar-refractivity contribution is 0.104. The summed E-state index contributed by atoms with van der Waals surface area (Å²) in [7, 11) is 1.43. The van der Waals surface area contributed by atoms with Gasteiger partial charge in [-0.1, -0.05) is 29.8 Å². The second-order valence-corrected chi connectivity index (χ2v) is 5.63. The minimum atomic E-state index is -0.172. The molecule has 3 rings (SSSR count). The van der Waals surface area contributed by atoms with Gasteiger partial charge in [-0.3, -0.25) is 4.79 Å². The zero-order chi connectivity index (χ0) is 17.8. The Balaban J connectivity index is 1.91. The molecular formula is C19H15ClN2O3. The summed E-state index contributed by atoms with van der Waals surface area (Å²) in [5.41, 5.74) is 1.87. The fourth-order valence-corrected chi connectivity index (χ4v) is 2.62. The Morgan fingerprint density at radius 2 is 2.08 bits per heavy atom. The molecule has 0 aliphatic heterocycles. The molecule has 126 valence electrons. The van der Waals surface area contributed by atoms with Crippen LogP contribution in [0.25, 0.3) is 11.8 Å². The molecule has 1 N–H and O–H groups in total. The number of benzene rings is 2. The first kappa shape index (κ1) is 16.8. The number of methoxy groups -OCH3 is 1. The van der Waals surface area contributed by atoms with Crippen LogP contribution in [0.2, 0.25) is 5.02 Å². The number of hydrogen-bond donors (Lipinski definition) is 1. The Morgan fingerprint density at radius 3 is 2.80 bits per heavy atom. The number of carbonyl (C=O) groups is 1. The number of ether oxygens (including phenoxy) is 1. The highest BCUT2D eigenvalue weighted by Crippen LogP contribution is 2.35. The summed E-state index contributed by atoms with van der Waals surface area (Å²) < 4.78 is 6.70. The van der Waals surface area contributed by atoms with Crippen molar-refractivity contribution in [3.63, 3.8) is 0 Å². The molecule has 0 fully saturated rings. The van der Waals surface area contributed by atoms with Crippen LogP contribution >= 0.6 is 11.6 Å². The molecule has 0 aliphatic carbocycles. The first-order chi connectivity index (χ1) is 12.1. The van der Waals surface area contributed by atoms with Crippen LogP contribution in [0.1, 0.15) is 15.9 Å². The Bertz CT molecular complexity index is 934. The molecule has 3 aromatic rings. The summed E-state index contributed by atoms with van der Waals surface area (Å²) in [6, 6.07) is 12.2. The molecule has 2 aromatic carbocycles. The average Bonchev–Trinajstić information content (AvgIpc) is 3.16. The zero-order valence-corrected chi connectivity index (χ0v) is 14.1. The Hall–Kier alpha value is -3.05. The number of ketones is 1. The molecule has 1 heterocycles. The fourth-order valence-electron chi connectivity index (χ4n) is 2.40. The summed E-state index contributed by atoms with van der Waals surface area (Å²) in [6.45, 7) is 0. The maximum atomic E-state index is 12.6. The quantitative estimate of drug-likeness (QED) is 0.552. The third-order valence-electron chi connectivity index (χ3n) is 3.62. The molecule has 0 saturated heterocycles. The third kappa shape index (κ3) is 3.56. The number of phenolic OH excluding ortho intramolecular Hbond substituents is 1. The number of para-hydroxylation sites is 1. The predicted molar refractivity (Wildman–Crippen MR) is 96.6 cm³/mol. The average molecular weight is 355 g/mol. The van der Waals surface area contributed by atoms with Crippen molar-refractivity contribution in [1.29, 1.82) is 0 Å². The van der Waals surface area contributed by atoms with Crippen molar-refractivity contribution < 1.29 is 14.6 Å². The van der Waals surface area contributed by atoms with E-state index in [1.54, 1.807) is 53.5 Å². The topological polar surface area (TPSA) is 64.4 Å². The Labute approximate surface area is 149 Å². The van der Waals surface area contributed by atoms with E-state index in [0.717, 1.165) is 0 Å². The molecule has 0 radical (unpaired) electrons. The highest BCUT2D eigenvalue weighted by Gasteiger charge is 2.11. The van der Waals surface area contributed by atoms with Crippen molar-refractivity contribution in [3.8, 4) is 17.2 Å². The maximum absolute atomic E-state index is 12.6. The van der Waals surface area contributed by atoms with Crippen molar-refractivity contribution in [2.75, 3.05) is 7.11 Å². The monoisotopic (exact) mass is 354 g/mol. The second kappa shape index (κ2) is 7.23. The lowest BCUT2D eigenvalue weighted by Crippen LogP contribution is -2.04. The Kier molecular flexibility index (Phi) is 4.86. The lowest BCUT2D eigenvalue weighted by Gasteiger charge is -2.07. The number of nitrogens with zero attached hydrogens (tertiary/aromatic N) is 2. The molecule has 5 nitrogen and oxygen atoms in total. The van der Waals surface area contributed by atoms with Gasteiger partial charge >= 0.3 is 0 Å². The maximum Gasteiger partial charge on any atom is 0.188 e. The summed E-state index contributed by atoms with van der Waals surface area (Å²) >= 11 is 5.96. The molecule has 0 aliphatic rings. The predicted octanol–water partition coefficient (Wildman–Crippen LogP) is 4.14. The highest BCUT2D eigenvalue weighted by atomic mass is 35.5. The molecule has 6 heteroatoms. The van der Waals surface area contributed by atoms with Crippen molar-refractivity contribution in [2.24, 2.45) is 0 Å². The van der Waals surface area contributed by atoms with E-state index < -0.39 is 0 Å². The van der Waals surface area contributed by atoms with Crippen molar-refractivity contribution in [3.05, 3.63) is 77.1 Å². The van der Waals surface area contributed by atoms with Crippen molar-refractivity contribution >= 4 is 23.5 Å². The number of aromatic hydroxyl groups is 1. The molecule has 25 heavy (non-hydrogen) atoms. The number of halogens is 1. The van der Waals surface area contributed by atoms with Gasteiger partial charge in [0.2, 0.25) is 0 Å². The minimum Gasteiger partial charge on any atom is -0.503 e. The van der Waals surface area contributed by atoms with E-state index in [4.69, 9.17) is 16.3 Å². The number of hydrogen-bond acceptors (Lipinski definition) is 4. The number of allylic oxidation sites excluding steroid dienone is 1. The van der Waals surface area contributed by atoms with Gasteiger partial charge in [0.15, 0.2) is 17.3 Å². The van der Waals surface area contributed by atoms with Gasteiger partial charge < -0.3 is 9.84 Å². The molecule has 0 saturated carbocycles. The van der Waals surface area contributed by atoms with Crippen LogP contribution in [0.4, 0.5) is 0 Å². The van der Waals surface area contributed by atoms with E-state index in [1.807, 2.05) is 12.1 Å². The van der Waals surface area contributed by atoms with Crippen LogP contribution in [0.15, 0.2) is 60.9 Å². The van der Waals surface area contributed by atoms with Gasteiger partial charge in [0.25, 0.3) is 0 Å². The Morgan fingerprint density at radius 1 is 1.28 bits per heavy atom. The first-order valence-corrected chi connectivity index (χ1v) is 7.86. The van der Waals surface area contributed by atoms with Crippen molar-refractivity contribution in [1.82, 2.24) is 9.78 Å². The number of aromatic nitrogens is 2. The van der Waals surface area contributed by atoms with E-state index in [-0.39, 0.29) is 22.3 Å². The van der Waals surface area contributed by atoms with Crippen LogP contribution in [-0.2, 0) is 0 Å². The van der Waals surface area contributed by atoms with Gasteiger partial charge in [-0.25, -0.2) is 4.68 Å². The van der Waals surface area contributed by atoms with E-state index >= 15 is 0 Å². The van der Waals surface area contributed by atoms with Crippen LogP contribution in [0.5, 0.6) is 11.5 Å². The van der Waals surface area contributed by atoms with E-state index in [9.17, 15) is 9.90 Å². The molecule has 0 amide bonds. The fraction of sp³-hybridized carbons (Fsp3) is 0.0526. The largest absolute Gasteiger partial charge is 0.503 e. The van der Waals surface area contributed by atoms with Gasteiger partial charge in [-0.15, -0.1) is 0 Å². The standard InChI is InChI=1S/C19H15ClN2O3/c1-25-18-12-13(11-15(20)19(18)24)7-8-17(23)14-5-2-3-6-16(14)22-10-4-9-21-22/h2-12,24H,1H3/b8-7+. The number of rotatable bonds is 5. The molecule has 0 atom stereocenters. The number of carbonyl (C=O) groups excluding carboxylic acids is 1. The van der Waals surface area contributed by atoms with E-state index in [1.165, 1.54) is 13.2 Å². The van der Waals surface area contributed by atoms with Gasteiger partial charge in [-0.05, 0) is 42.0 Å². The van der Waals surface area contributed by atoms with Crippen LogP contribution in [0.3, 0.4) is 0 Å². The third-order valence-corrected chi connectivity index (χ3v) is 3.91. The summed E-state index contributed by atoms with van der Waals surface area (Å²) in [5.74, 6) is -0.0533. The lowest BCUT2D eigenvalue weighted by atomic mass is 10.1.